The van der Waals surface area contributed by atoms with Gasteiger partial charge in [0, 0.05) is 18.2 Å². The van der Waals surface area contributed by atoms with E-state index in [1.54, 1.807) is 29.1 Å². The molecule has 0 radical (unpaired) electrons. The molecule has 0 spiro atoms. The average molecular weight is 321 g/mol. The van der Waals surface area contributed by atoms with E-state index in [0.29, 0.717) is 22.7 Å². The Morgan fingerprint density at radius 2 is 1.92 bits per heavy atom. The molecule has 6 heteroatoms. The van der Waals surface area contributed by atoms with Crippen LogP contribution in [0, 0.1) is 0 Å². The number of fused-ring (bicyclic) bond motifs is 1. The van der Waals surface area contributed by atoms with Crippen molar-refractivity contribution in [1.82, 2.24) is 9.78 Å². The molecule has 0 bridgehead atoms. The van der Waals surface area contributed by atoms with Crippen molar-refractivity contribution >= 4 is 11.6 Å². The lowest BCUT2D eigenvalue weighted by Crippen LogP contribution is -2.12. The molecule has 120 valence electrons. The fourth-order valence-corrected chi connectivity index (χ4v) is 2.70. The van der Waals surface area contributed by atoms with Crippen molar-refractivity contribution in [3.63, 3.8) is 0 Å². The van der Waals surface area contributed by atoms with Crippen LogP contribution in [-0.4, -0.2) is 22.5 Å². The summed E-state index contributed by atoms with van der Waals surface area (Å²) in [5.41, 5.74) is 3.00. The SMILES string of the molecule is Cn1ncc(NC(=O)c2ccc3c(c2)OCO3)c1-c1ccccc1. The van der Waals surface area contributed by atoms with E-state index in [1.165, 1.54) is 0 Å². The Bertz CT molecular complexity index is 903. The molecular formula is C18H15N3O3. The summed E-state index contributed by atoms with van der Waals surface area (Å²) in [6, 6.07) is 14.9. The molecule has 1 aliphatic rings. The fraction of sp³-hybridized carbons (Fsp3) is 0.111. The van der Waals surface area contributed by atoms with Crippen LogP contribution in [0.1, 0.15) is 10.4 Å². The molecule has 24 heavy (non-hydrogen) atoms. The van der Waals surface area contributed by atoms with Crippen LogP contribution in [0.15, 0.2) is 54.7 Å². The van der Waals surface area contributed by atoms with Gasteiger partial charge in [-0.05, 0) is 18.2 Å². The number of ether oxygens (including phenoxy) is 2. The van der Waals surface area contributed by atoms with E-state index in [4.69, 9.17) is 9.47 Å². The Morgan fingerprint density at radius 3 is 2.75 bits per heavy atom. The van der Waals surface area contributed by atoms with E-state index < -0.39 is 0 Å². The minimum Gasteiger partial charge on any atom is -0.454 e. The number of nitrogens with zero attached hydrogens (tertiary/aromatic N) is 2. The van der Waals surface area contributed by atoms with Crippen LogP contribution in [0.3, 0.4) is 0 Å². The highest BCUT2D eigenvalue weighted by molar-refractivity contribution is 6.06. The second-order valence-electron chi connectivity index (χ2n) is 5.42. The van der Waals surface area contributed by atoms with Crippen molar-refractivity contribution in [3.05, 3.63) is 60.3 Å². The van der Waals surface area contributed by atoms with Crippen molar-refractivity contribution in [1.29, 1.82) is 0 Å². The van der Waals surface area contributed by atoms with Gasteiger partial charge in [0.15, 0.2) is 11.5 Å². The highest BCUT2D eigenvalue weighted by Gasteiger charge is 2.18. The van der Waals surface area contributed by atoms with Crippen molar-refractivity contribution in [2.75, 3.05) is 12.1 Å². The van der Waals surface area contributed by atoms with Gasteiger partial charge in [0.2, 0.25) is 6.79 Å². The normalized spacial score (nSPS) is 12.2. The Balaban J connectivity index is 1.63. The van der Waals surface area contributed by atoms with Crippen LogP contribution in [0.2, 0.25) is 0 Å². The summed E-state index contributed by atoms with van der Waals surface area (Å²) in [6.07, 6.45) is 1.65. The highest BCUT2D eigenvalue weighted by Crippen LogP contribution is 2.33. The van der Waals surface area contributed by atoms with Gasteiger partial charge in [-0.1, -0.05) is 30.3 Å². The zero-order valence-corrected chi connectivity index (χ0v) is 13.0. The zero-order chi connectivity index (χ0) is 16.5. The third kappa shape index (κ3) is 2.48. The number of aromatic nitrogens is 2. The van der Waals surface area contributed by atoms with E-state index >= 15 is 0 Å². The molecule has 2 aromatic carbocycles. The topological polar surface area (TPSA) is 65.4 Å². The molecule has 0 saturated heterocycles. The maximum Gasteiger partial charge on any atom is 0.255 e. The predicted octanol–water partition coefficient (Wildman–Crippen LogP) is 3.07. The second-order valence-corrected chi connectivity index (χ2v) is 5.42. The molecule has 0 aliphatic carbocycles. The van der Waals surface area contributed by atoms with E-state index in [2.05, 4.69) is 10.4 Å². The van der Waals surface area contributed by atoms with Gasteiger partial charge in [-0.25, -0.2) is 0 Å². The Kier molecular flexibility index (Phi) is 3.42. The molecule has 1 amide bonds. The third-order valence-electron chi connectivity index (χ3n) is 3.87. The monoisotopic (exact) mass is 321 g/mol. The summed E-state index contributed by atoms with van der Waals surface area (Å²) in [4.78, 5) is 12.6. The number of rotatable bonds is 3. The molecule has 2 heterocycles. The largest absolute Gasteiger partial charge is 0.454 e. The van der Waals surface area contributed by atoms with E-state index in [9.17, 15) is 4.79 Å². The van der Waals surface area contributed by atoms with Gasteiger partial charge in [0.1, 0.15) is 0 Å². The van der Waals surface area contributed by atoms with Crippen LogP contribution in [0.4, 0.5) is 5.69 Å². The fourth-order valence-electron chi connectivity index (χ4n) is 2.70. The number of carbonyl (C=O) groups is 1. The molecule has 3 aromatic rings. The van der Waals surface area contributed by atoms with E-state index in [1.807, 2.05) is 37.4 Å². The number of amides is 1. The summed E-state index contributed by atoms with van der Waals surface area (Å²) in [5, 5.41) is 7.17. The van der Waals surface area contributed by atoms with Crippen LogP contribution >= 0.6 is 0 Å². The summed E-state index contributed by atoms with van der Waals surface area (Å²) < 4.78 is 12.3. The summed E-state index contributed by atoms with van der Waals surface area (Å²) in [7, 11) is 1.85. The van der Waals surface area contributed by atoms with Crippen molar-refractivity contribution in [2.45, 2.75) is 0 Å². The first-order valence-electron chi connectivity index (χ1n) is 7.51. The predicted molar refractivity (Wildman–Crippen MR) is 89.2 cm³/mol. The first-order chi connectivity index (χ1) is 11.7. The second kappa shape index (κ2) is 5.73. The van der Waals surface area contributed by atoms with Crippen LogP contribution in [0.5, 0.6) is 11.5 Å². The van der Waals surface area contributed by atoms with E-state index in [-0.39, 0.29) is 12.7 Å². The number of anilines is 1. The maximum atomic E-state index is 12.6. The minimum atomic E-state index is -0.224. The lowest BCUT2D eigenvalue weighted by molar-refractivity contribution is 0.102. The first kappa shape index (κ1) is 14.3. The molecule has 1 N–H and O–H groups in total. The van der Waals surface area contributed by atoms with Crippen molar-refractivity contribution < 1.29 is 14.3 Å². The zero-order valence-electron chi connectivity index (χ0n) is 13.0. The molecular weight excluding hydrogens is 306 g/mol. The van der Waals surface area contributed by atoms with Gasteiger partial charge in [0.05, 0.1) is 17.6 Å². The molecule has 1 aliphatic heterocycles. The molecule has 0 fully saturated rings. The lowest BCUT2D eigenvalue weighted by Gasteiger charge is -2.08. The van der Waals surface area contributed by atoms with Gasteiger partial charge in [-0.3, -0.25) is 9.48 Å². The highest BCUT2D eigenvalue weighted by atomic mass is 16.7. The summed E-state index contributed by atoms with van der Waals surface area (Å²) in [5.74, 6) is 1.01. The Hall–Kier alpha value is -3.28. The lowest BCUT2D eigenvalue weighted by atomic mass is 10.1. The number of aryl methyl sites for hydroxylation is 1. The minimum absolute atomic E-state index is 0.182. The van der Waals surface area contributed by atoms with Gasteiger partial charge >= 0.3 is 0 Å². The number of nitrogens with one attached hydrogen (secondary N) is 1. The van der Waals surface area contributed by atoms with Crippen LogP contribution < -0.4 is 14.8 Å². The van der Waals surface area contributed by atoms with Gasteiger partial charge in [0.25, 0.3) is 5.91 Å². The number of carbonyl (C=O) groups excluding carboxylic acids is 1. The summed E-state index contributed by atoms with van der Waals surface area (Å²) in [6.45, 7) is 0.182. The van der Waals surface area contributed by atoms with Gasteiger partial charge in [-0.2, -0.15) is 5.10 Å². The quantitative estimate of drug-likeness (QED) is 0.805. The average Bonchev–Trinajstić information content (AvgIpc) is 3.21. The standard InChI is InChI=1S/C18H15N3O3/c1-21-17(12-5-3-2-4-6-12)14(10-19-21)20-18(22)13-7-8-15-16(9-13)24-11-23-15/h2-10H,11H2,1H3,(H,20,22). The number of benzene rings is 2. The Labute approximate surface area is 138 Å². The first-order valence-corrected chi connectivity index (χ1v) is 7.51. The third-order valence-corrected chi connectivity index (χ3v) is 3.87. The van der Waals surface area contributed by atoms with E-state index in [0.717, 1.165) is 11.3 Å². The molecule has 4 rings (SSSR count). The molecule has 1 aromatic heterocycles. The van der Waals surface area contributed by atoms with Crippen LogP contribution in [-0.2, 0) is 7.05 Å². The smallest absolute Gasteiger partial charge is 0.255 e. The molecule has 6 nitrogen and oxygen atoms in total. The molecule has 0 saturated carbocycles. The maximum absolute atomic E-state index is 12.6. The molecule has 0 unspecified atom stereocenters. The van der Waals surface area contributed by atoms with Crippen molar-refractivity contribution in [3.8, 4) is 22.8 Å². The summed E-state index contributed by atoms with van der Waals surface area (Å²) >= 11 is 0. The molecule has 0 atom stereocenters. The van der Waals surface area contributed by atoms with Gasteiger partial charge in [-0.15, -0.1) is 0 Å². The number of hydrogen-bond acceptors (Lipinski definition) is 4. The number of hydrogen-bond donors (Lipinski definition) is 1. The van der Waals surface area contributed by atoms with Crippen molar-refractivity contribution in [2.24, 2.45) is 7.05 Å². The van der Waals surface area contributed by atoms with Crippen LogP contribution in [0.25, 0.3) is 11.3 Å². The Morgan fingerprint density at radius 1 is 1.12 bits per heavy atom. The van der Waals surface area contributed by atoms with Gasteiger partial charge < -0.3 is 14.8 Å².